The molecule has 3 aliphatic rings. The van der Waals surface area contributed by atoms with Gasteiger partial charge in [0.15, 0.2) is 0 Å². The van der Waals surface area contributed by atoms with E-state index in [2.05, 4.69) is 6.58 Å². The second-order valence-electron chi connectivity index (χ2n) is 10.7. The van der Waals surface area contributed by atoms with Crippen molar-refractivity contribution >= 4 is 23.5 Å². The highest BCUT2D eigenvalue weighted by molar-refractivity contribution is 6.05. The summed E-state index contributed by atoms with van der Waals surface area (Å²) in [5.41, 5.74) is 0.485. The molecule has 1 N–H and O–H groups in total. The zero-order valence-corrected chi connectivity index (χ0v) is 22.1. The van der Waals surface area contributed by atoms with Gasteiger partial charge in [-0.25, -0.2) is 0 Å². The molecule has 0 radical (unpaired) electrons. The quantitative estimate of drug-likeness (QED) is 0.437. The Hall–Kier alpha value is -2.71. The van der Waals surface area contributed by atoms with E-state index in [0.29, 0.717) is 6.42 Å². The normalized spacial score (nSPS) is 33.4. The molecule has 0 aliphatic carbocycles. The van der Waals surface area contributed by atoms with Crippen molar-refractivity contribution in [3.8, 4) is 0 Å². The molecule has 0 saturated carbocycles. The molecular weight excluding hydrogens is 460 g/mol. The van der Waals surface area contributed by atoms with Gasteiger partial charge in [-0.15, -0.1) is 6.58 Å². The number of benzene rings is 1. The highest BCUT2D eigenvalue weighted by Crippen LogP contribution is 2.65. The fraction of sp³-hybridized carbons (Fsp3) is 0.607. The number of rotatable bonds is 8. The number of nitrogens with zero attached hydrogens (tertiary/aromatic N) is 2. The molecule has 3 fully saturated rings. The van der Waals surface area contributed by atoms with Crippen molar-refractivity contribution < 1.29 is 29.0 Å². The lowest BCUT2D eigenvalue weighted by Gasteiger charge is -2.39. The fourth-order valence-electron chi connectivity index (χ4n) is 6.91. The molecular formula is C28H38N2O6. The molecule has 1 aromatic rings. The van der Waals surface area contributed by atoms with E-state index >= 15 is 0 Å². The maximum atomic E-state index is 14.6. The summed E-state index contributed by atoms with van der Waals surface area (Å²) in [5.74, 6) is -2.89. The summed E-state index contributed by atoms with van der Waals surface area (Å²) >= 11 is 0. The number of amides is 2. The summed E-state index contributed by atoms with van der Waals surface area (Å²) in [6.07, 6.45) is 2.11. The Morgan fingerprint density at radius 1 is 1.36 bits per heavy atom. The highest BCUT2D eigenvalue weighted by atomic mass is 16.6. The number of fused-ring (bicyclic) bond motifs is 1. The summed E-state index contributed by atoms with van der Waals surface area (Å²) in [6.45, 7) is 15.2. The maximum absolute atomic E-state index is 14.6. The summed E-state index contributed by atoms with van der Waals surface area (Å²) in [5, 5.41) is 10.1. The Bertz CT molecular complexity index is 1070. The molecule has 3 heterocycles. The summed E-state index contributed by atoms with van der Waals surface area (Å²) < 4.78 is 12.1. The number of ether oxygens (including phenoxy) is 2. The molecule has 1 aromatic carbocycles. The standard InChI is InChI=1S/C28H38N2O6/c1-8-13-29(22-16(3)11-10-12-17(22)4)25(33)23-28-14-18(5)27(7,36-28)21(26(34)35-9-2)20(28)24(32)30(23)19(6)15-31/h8,10-12,18-21,23,31H,1,9,13-15H2,2-7H3/t18?,19-,20+,21+,23?,27-,28?/m1/s1. The smallest absolute Gasteiger partial charge is 0.312 e. The zero-order chi connectivity index (χ0) is 26.6. The summed E-state index contributed by atoms with van der Waals surface area (Å²) in [6, 6.07) is 4.19. The van der Waals surface area contributed by atoms with Gasteiger partial charge in [-0.1, -0.05) is 31.2 Å². The van der Waals surface area contributed by atoms with Crippen LogP contribution in [0.15, 0.2) is 30.9 Å². The number of hydrogen-bond acceptors (Lipinski definition) is 6. The van der Waals surface area contributed by atoms with E-state index in [1.54, 1.807) is 24.8 Å². The minimum Gasteiger partial charge on any atom is -0.466 e. The lowest BCUT2D eigenvalue weighted by atomic mass is 9.62. The van der Waals surface area contributed by atoms with Crippen molar-refractivity contribution in [2.75, 3.05) is 24.7 Å². The van der Waals surface area contributed by atoms with Gasteiger partial charge in [0.2, 0.25) is 5.91 Å². The second kappa shape index (κ2) is 9.30. The Morgan fingerprint density at radius 3 is 2.56 bits per heavy atom. The van der Waals surface area contributed by atoms with E-state index in [9.17, 15) is 19.5 Å². The van der Waals surface area contributed by atoms with Gasteiger partial charge in [-0.2, -0.15) is 0 Å². The first-order chi connectivity index (χ1) is 17.0. The number of carbonyl (C=O) groups excluding carboxylic acids is 3. The van der Waals surface area contributed by atoms with Gasteiger partial charge in [-0.05, 0) is 58.1 Å². The number of anilines is 1. The zero-order valence-electron chi connectivity index (χ0n) is 22.1. The third-order valence-electron chi connectivity index (χ3n) is 8.55. The molecule has 0 aromatic heterocycles. The topological polar surface area (TPSA) is 96.4 Å². The molecule has 2 bridgehead atoms. The van der Waals surface area contributed by atoms with Crippen LogP contribution < -0.4 is 4.90 Å². The van der Waals surface area contributed by atoms with Crippen LogP contribution in [0.25, 0.3) is 0 Å². The van der Waals surface area contributed by atoms with Gasteiger partial charge >= 0.3 is 5.97 Å². The average molecular weight is 499 g/mol. The van der Waals surface area contributed by atoms with Crippen LogP contribution in [0.5, 0.6) is 0 Å². The van der Waals surface area contributed by atoms with Gasteiger partial charge in [-0.3, -0.25) is 14.4 Å². The van der Waals surface area contributed by atoms with Crippen LogP contribution in [0, 0.1) is 31.6 Å². The summed E-state index contributed by atoms with van der Waals surface area (Å²) in [4.78, 5) is 44.9. The lowest BCUT2D eigenvalue weighted by molar-refractivity contribution is -0.161. The predicted octanol–water partition coefficient (Wildman–Crippen LogP) is 2.78. The van der Waals surface area contributed by atoms with E-state index < -0.39 is 41.1 Å². The summed E-state index contributed by atoms with van der Waals surface area (Å²) in [7, 11) is 0. The molecule has 196 valence electrons. The first-order valence-electron chi connectivity index (χ1n) is 12.8. The molecule has 8 nitrogen and oxygen atoms in total. The van der Waals surface area contributed by atoms with Crippen molar-refractivity contribution in [3.05, 3.63) is 42.0 Å². The monoisotopic (exact) mass is 498 g/mol. The van der Waals surface area contributed by atoms with Crippen molar-refractivity contribution in [2.24, 2.45) is 17.8 Å². The maximum Gasteiger partial charge on any atom is 0.312 e. The number of esters is 1. The van der Waals surface area contributed by atoms with Gasteiger partial charge < -0.3 is 24.4 Å². The first kappa shape index (κ1) is 26.4. The van der Waals surface area contributed by atoms with Crippen LogP contribution in [0.4, 0.5) is 5.69 Å². The molecule has 36 heavy (non-hydrogen) atoms. The fourth-order valence-corrected chi connectivity index (χ4v) is 6.91. The highest BCUT2D eigenvalue weighted by Gasteiger charge is 2.80. The largest absolute Gasteiger partial charge is 0.466 e. The number of hydrogen-bond donors (Lipinski definition) is 1. The minimum atomic E-state index is -1.20. The van der Waals surface area contributed by atoms with Crippen LogP contribution in [0.3, 0.4) is 0 Å². The van der Waals surface area contributed by atoms with Gasteiger partial charge in [0.1, 0.15) is 17.6 Å². The van der Waals surface area contributed by atoms with E-state index in [0.717, 1.165) is 16.8 Å². The van der Waals surface area contributed by atoms with Crippen molar-refractivity contribution in [1.82, 2.24) is 4.90 Å². The third-order valence-corrected chi connectivity index (χ3v) is 8.55. The molecule has 3 saturated heterocycles. The van der Waals surface area contributed by atoms with Crippen LogP contribution in [-0.2, 0) is 23.9 Å². The molecule has 7 atom stereocenters. The van der Waals surface area contributed by atoms with Gasteiger partial charge in [0, 0.05) is 12.2 Å². The number of carbonyl (C=O) groups is 3. The molecule has 1 spiro atoms. The number of para-hydroxylation sites is 1. The minimum absolute atomic E-state index is 0.0799. The van der Waals surface area contributed by atoms with Gasteiger partial charge in [0.05, 0.1) is 30.8 Å². The molecule has 8 heteroatoms. The molecule has 3 aliphatic heterocycles. The van der Waals surface area contributed by atoms with Crippen LogP contribution in [0.2, 0.25) is 0 Å². The average Bonchev–Trinajstić information content (AvgIpc) is 3.34. The number of likely N-dealkylation sites (tertiary alicyclic amines) is 1. The van der Waals surface area contributed by atoms with Crippen LogP contribution in [-0.4, -0.2) is 70.8 Å². The van der Waals surface area contributed by atoms with E-state index in [1.807, 2.05) is 45.9 Å². The lowest BCUT2D eigenvalue weighted by Crippen LogP contribution is -2.59. The van der Waals surface area contributed by atoms with Crippen molar-refractivity contribution in [3.63, 3.8) is 0 Å². The van der Waals surface area contributed by atoms with E-state index in [4.69, 9.17) is 9.47 Å². The second-order valence-corrected chi connectivity index (χ2v) is 10.7. The van der Waals surface area contributed by atoms with Crippen LogP contribution in [0.1, 0.15) is 45.2 Å². The van der Waals surface area contributed by atoms with Crippen molar-refractivity contribution in [2.45, 2.75) is 71.2 Å². The molecule has 4 rings (SSSR count). The Morgan fingerprint density at radius 2 is 2.00 bits per heavy atom. The first-order valence-corrected chi connectivity index (χ1v) is 12.8. The van der Waals surface area contributed by atoms with Crippen LogP contribution >= 0.6 is 0 Å². The number of aliphatic hydroxyl groups is 1. The third kappa shape index (κ3) is 3.52. The number of aryl methyl sites for hydroxylation is 2. The van der Waals surface area contributed by atoms with Crippen molar-refractivity contribution in [1.29, 1.82) is 0 Å². The van der Waals surface area contributed by atoms with E-state index in [1.165, 1.54) is 4.90 Å². The molecule has 3 unspecified atom stereocenters. The molecule has 2 amide bonds. The van der Waals surface area contributed by atoms with E-state index in [-0.39, 0.29) is 37.5 Å². The predicted molar refractivity (Wildman–Crippen MR) is 135 cm³/mol. The van der Waals surface area contributed by atoms with Gasteiger partial charge in [0.25, 0.3) is 5.91 Å². The number of aliphatic hydroxyl groups excluding tert-OH is 1. The SMILES string of the molecule is C=CCN(C(=O)C1N([C@H](C)CO)C(=O)[C@@H]2[C@@H](C(=O)OCC)[C@]3(C)OC12CC3C)c1c(C)cccc1C. The Labute approximate surface area is 213 Å². The Kier molecular flexibility index (Phi) is 6.81. The Balaban J connectivity index is 1.89.